The third-order valence-corrected chi connectivity index (χ3v) is 6.74. The van der Waals surface area contributed by atoms with Gasteiger partial charge in [0.15, 0.2) is 5.60 Å². The van der Waals surface area contributed by atoms with Gasteiger partial charge in [0.25, 0.3) is 0 Å². The van der Waals surface area contributed by atoms with Crippen molar-refractivity contribution in [3.8, 4) is 0 Å². The average molecular weight is 402 g/mol. The molecule has 0 bridgehead atoms. The van der Waals surface area contributed by atoms with E-state index < -0.39 is 29.1 Å². The fraction of sp³-hybridized carbons (Fsp3) is 0.565. The fourth-order valence-electron chi connectivity index (χ4n) is 5.52. The minimum absolute atomic E-state index is 0.0297. The summed E-state index contributed by atoms with van der Waals surface area (Å²) in [5, 5.41) is 20.1. The number of hydrogen-bond acceptors (Lipinski definition) is 6. The molecule has 2 aliphatic carbocycles. The molecule has 4 unspecified atom stereocenters. The lowest BCUT2D eigenvalue weighted by atomic mass is 9.46. The number of aliphatic hydroxyl groups excluding tert-OH is 1. The van der Waals surface area contributed by atoms with E-state index in [-0.39, 0.29) is 24.5 Å². The highest BCUT2D eigenvalue weighted by Crippen LogP contribution is 2.63. The Balaban J connectivity index is 1.88. The van der Waals surface area contributed by atoms with Crippen LogP contribution in [-0.2, 0) is 19.1 Å². The summed E-state index contributed by atoms with van der Waals surface area (Å²) in [7, 11) is 0. The molecule has 2 N–H and O–H groups in total. The lowest BCUT2D eigenvalue weighted by molar-refractivity contribution is -0.194. The van der Waals surface area contributed by atoms with Crippen molar-refractivity contribution < 1.29 is 29.3 Å². The molecule has 0 aromatic rings. The molecule has 1 aliphatic heterocycles. The van der Waals surface area contributed by atoms with Crippen LogP contribution in [0.25, 0.3) is 0 Å². The molecule has 4 atom stereocenters. The van der Waals surface area contributed by atoms with Crippen LogP contribution in [0.3, 0.4) is 0 Å². The van der Waals surface area contributed by atoms with E-state index in [1.54, 1.807) is 36.5 Å². The van der Waals surface area contributed by atoms with Gasteiger partial charge in [-0.05, 0) is 24.3 Å². The molecule has 0 amide bonds. The highest BCUT2D eigenvalue weighted by Gasteiger charge is 2.69. The first kappa shape index (κ1) is 21.5. The van der Waals surface area contributed by atoms with Gasteiger partial charge in [-0.25, -0.2) is 9.59 Å². The Morgan fingerprint density at radius 1 is 1.24 bits per heavy atom. The van der Waals surface area contributed by atoms with E-state index in [1.807, 2.05) is 6.92 Å². The molecule has 0 aromatic carbocycles. The maximum Gasteiger partial charge on any atom is 0.343 e. The number of ether oxygens (including phenoxy) is 2. The topological polar surface area (TPSA) is 93.1 Å². The van der Waals surface area contributed by atoms with Crippen LogP contribution in [0.2, 0.25) is 0 Å². The predicted molar refractivity (Wildman–Crippen MR) is 108 cm³/mol. The normalized spacial score (nSPS) is 36.2. The molecule has 1 saturated carbocycles. The maximum absolute atomic E-state index is 12.5. The number of hydrogen-bond donors (Lipinski definition) is 2. The summed E-state index contributed by atoms with van der Waals surface area (Å²) in [6, 6.07) is 0. The van der Waals surface area contributed by atoms with Crippen LogP contribution in [0.15, 0.2) is 48.1 Å². The Labute approximate surface area is 171 Å². The summed E-state index contributed by atoms with van der Waals surface area (Å²) in [5.74, 6) is -1.30. The SMILES string of the molecule is CC1(C)CCCC2(C)C1C(OC(=O)/C=C/C=C/C=C/CO)C=C1COC(=O)C12O. The van der Waals surface area contributed by atoms with E-state index in [2.05, 4.69) is 13.8 Å². The molecule has 0 spiro atoms. The molecule has 3 rings (SSSR count). The van der Waals surface area contributed by atoms with Gasteiger partial charge >= 0.3 is 11.9 Å². The zero-order valence-electron chi connectivity index (χ0n) is 17.3. The first-order valence-electron chi connectivity index (χ1n) is 10.1. The van der Waals surface area contributed by atoms with Gasteiger partial charge in [0.1, 0.15) is 12.7 Å². The van der Waals surface area contributed by atoms with Crippen molar-refractivity contribution >= 4 is 11.9 Å². The number of aliphatic hydroxyl groups is 2. The Morgan fingerprint density at radius 2 is 1.97 bits per heavy atom. The van der Waals surface area contributed by atoms with Crippen molar-refractivity contribution in [2.24, 2.45) is 16.7 Å². The van der Waals surface area contributed by atoms with Gasteiger partial charge in [-0.3, -0.25) is 0 Å². The van der Waals surface area contributed by atoms with Crippen molar-refractivity contribution in [1.29, 1.82) is 0 Å². The van der Waals surface area contributed by atoms with E-state index in [4.69, 9.17) is 14.6 Å². The van der Waals surface area contributed by atoms with Crippen molar-refractivity contribution in [3.05, 3.63) is 48.1 Å². The monoisotopic (exact) mass is 402 g/mol. The van der Waals surface area contributed by atoms with E-state index >= 15 is 0 Å². The number of esters is 2. The van der Waals surface area contributed by atoms with Gasteiger partial charge in [0, 0.05) is 23.0 Å². The number of cyclic esters (lactones) is 1. The average Bonchev–Trinajstić information content (AvgIpc) is 2.94. The predicted octanol–water partition coefficient (Wildman–Crippen LogP) is 2.62. The summed E-state index contributed by atoms with van der Waals surface area (Å²) in [6.07, 6.45) is 13.2. The van der Waals surface area contributed by atoms with Gasteiger partial charge in [0.2, 0.25) is 0 Å². The van der Waals surface area contributed by atoms with Gasteiger partial charge in [0.05, 0.1) is 6.61 Å². The van der Waals surface area contributed by atoms with E-state index in [9.17, 15) is 14.7 Å². The molecule has 6 heteroatoms. The highest BCUT2D eigenvalue weighted by atomic mass is 16.6. The van der Waals surface area contributed by atoms with Crippen LogP contribution >= 0.6 is 0 Å². The molecule has 2 fully saturated rings. The van der Waals surface area contributed by atoms with Crippen LogP contribution in [0.4, 0.5) is 0 Å². The van der Waals surface area contributed by atoms with Crippen LogP contribution in [0.5, 0.6) is 0 Å². The second-order valence-electron chi connectivity index (χ2n) is 8.97. The Morgan fingerprint density at radius 3 is 2.69 bits per heavy atom. The summed E-state index contributed by atoms with van der Waals surface area (Å²) in [4.78, 5) is 25.0. The van der Waals surface area contributed by atoms with E-state index in [0.29, 0.717) is 12.0 Å². The first-order valence-corrected chi connectivity index (χ1v) is 10.1. The highest BCUT2D eigenvalue weighted by molar-refractivity contribution is 5.88. The van der Waals surface area contributed by atoms with E-state index in [0.717, 1.165) is 12.8 Å². The minimum atomic E-state index is -1.66. The zero-order chi connectivity index (χ0) is 21.3. The van der Waals surface area contributed by atoms with Gasteiger partial charge in [-0.1, -0.05) is 57.6 Å². The van der Waals surface area contributed by atoms with Crippen molar-refractivity contribution in [3.63, 3.8) is 0 Å². The lowest BCUT2D eigenvalue weighted by Gasteiger charge is -2.59. The molecule has 6 nitrogen and oxygen atoms in total. The van der Waals surface area contributed by atoms with Gasteiger partial charge in [-0.2, -0.15) is 0 Å². The molecular formula is C23H30O6. The molecule has 0 aromatic heterocycles. The molecule has 29 heavy (non-hydrogen) atoms. The van der Waals surface area contributed by atoms with Crippen molar-refractivity contribution in [1.82, 2.24) is 0 Å². The quantitative estimate of drug-likeness (QED) is 0.318. The van der Waals surface area contributed by atoms with Crippen LogP contribution in [-0.4, -0.2) is 47.1 Å². The summed E-state index contributed by atoms with van der Waals surface area (Å²) in [5.41, 5.74) is -2.15. The van der Waals surface area contributed by atoms with Crippen molar-refractivity contribution in [2.75, 3.05) is 13.2 Å². The molecular weight excluding hydrogens is 372 g/mol. The van der Waals surface area contributed by atoms with Gasteiger partial charge in [-0.15, -0.1) is 0 Å². The number of carbonyl (C=O) groups excluding carboxylic acids is 2. The minimum Gasteiger partial charge on any atom is -0.459 e. The van der Waals surface area contributed by atoms with E-state index in [1.165, 1.54) is 6.08 Å². The third kappa shape index (κ3) is 3.60. The van der Waals surface area contributed by atoms with Crippen LogP contribution in [0, 0.1) is 16.7 Å². The number of rotatable bonds is 5. The number of carbonyl (C=O) groups is 2. The Hall–Kier alpha value is -2.18. The molecule has 1 saturated heterocycles. The van der Waals surface area contributed by atoms with Gasteiger partial charge < -0.3 is 19.7 Å². The molecule has 0 radical (unpaired) electrons. The number of allylic oxidation sites excluding steroid dienone is 4. The Bertz CT molecular complexity index is 789. The van der Waals surface area contributed by atoms with Crippen molar-refractivity contribution in [2.45, 2.75) is 51.7 Å². The molecule has 3 aliphatic rings. The summed E-state index contributed by atoms with van der Waals surface area (Å²) >= 11 is 0. The second kappa shape index (κ2) is 7.92. The molecule has 1 heterocycles. The second-order valence-corrected chi connectivity index (χ2v) is 8.97. The lowest BCUT2D eigenvalue weighted by Crippen LogP contribution is -2.65. The fourth-order valence-corrected chi connectivity index (χ4v) is 5.52. The summed E-state index contributed by atoms with van der Waals surface area (Å²) in [6.45, 7) is 6.11. The first-order chi connectivity index (χ1) is 13.7. The maximum atomic E-state index is 12.5. The summed E-state index contributed by atoms with van der Waals surface area (Å²) < 4.78 is 11.0. The van der Waals surface area contributed by atoms with Crippen LogP contribution in [0.1, 0.15) is 40.0 Å². The Kier molecular flexibility index (Phi) is 5.88. The number of fused-ring (bicyclic) bond motifs is 3. The third-order valence-electron chi connectivity index (χ3n) is 6.74. The largest absolute Gasteiger partial charge is 0.459 e. The molecule has 158 valence electrons. The standard InChI is InChI=1S/C23H30O6/c1-21(2)11-9-12-22(3)19(21)17(14-16-15-28-20(26)23(16,22)27)29-18(25)10-7-5-4-6-8-13-24/h4-8,10,14,17,19,24,27H,9,11-13,15H2,1-3H3/b5-4+,8-6+,10-7+. The van der Waals surface area contributed by atoms with Crippen LogP contribution < -0.4 is 0 Å². The smallest absolute Gasteiger partial charge is 0.343 e. The zero-order valence-corrected chi connectivity index (χ0v) is 17.3.